The highest BCUT2D eigenvalue weighted by molar-refractivity contribution is 7.99. The molecular weight excluding hydrogens is 436 g/mol. The van der Waals surface area contributed by atoms with E-state index >= 15 is 0 Å². The predicted octanol–water partition coefficient (Wildman–Crippen LogP) is 4.30. The summed E-state index contributed by atoms with van der Waals surface area (Å²) >= 11 is 1.41. The van der Waals surface area contributed by atoms with Crippen molar-refractivity contribution < 1.29 is 14.3 Å². The van der Waals surface area contributed by atoms with E-state index in [-0.39, 0.29) is 11.5 Å². The minimum atomic E-state index is -0.0393. The predicted molar refractivity (Wildman–Crippen MR) is 129 cm³/mol. The number of piperidine rings is 1. The highest BCUT2D eigenvalue weighted by Crippen LogP contribution is 2.27. The van der Waals surface area contributed by atoms with Crippen molar-refractivity contribution in [3.63, 3.8) is 0 Å². The quantitative estimate of drug-likeness (QED) is 0.326. The van der Waals surface area contributed by atoms with Crippen LogP contribution in [0.3, 0.4) is 0 Å². The molecule has 2 aromatic carbocycles. The summed E-state index contributed by atoms with van der Waals surface area (Å²) in [6.45, 7) is 3.64. The van der Waals surface area contributed by atoms with E-state index in [0.717, 1.165) is 30.6 Å². The monoisotopic (exact) mass is 466 g/mol. The number of ketones is 1. The summed E-state index contributed by atoms with van der Waals surface area (Å²) in [4.78, 5) is 15.5. The lowest BCUT2D eigenvalue weighted by Crippen LogP contribution is -2.30. The number of aromatic nitrogens is 3. The first-order valence-corrected chi connectivity index (χ1v) is 12.2. The van der Waals surface area contributed by atoms with Gasteiger partial charge in [-0.2, -0.15) is 0 Å². The lowest BCUT2D eigenvalue weighted by molar-refractivity contribution is 0.101. The third-order valence-corrected chi connectivity index (χ3v) is 6.80. The van der Waals surface area contributed by atoms with Gasteiger partial charge in [-0.15, -0.1) is 10.2 Å². The van der Waals surface area contributed by atoms with Gasteiger partial charge in [-0.05, 0) is 49.7 Å². The zero-order valence-corrected chi connectivity index (χ0v) is 20.0. The van der Waals surface area contributed by atoms with Crippen LogP contribution in [0.2, 0.25) is 0 Å². The number of likely N-dealkylation sites (tertiary alicyclic amines) is 1. The normalized spacial score (nSPS) is 14.2. The molecule has 0 N–H and O–H groups in total. The standard InChI is InChI=1S/C25H30N4O3S/c1-31-20-11-12-23(32-2)21(15-20)22(30)18-33-25-27-26-24(17-28-13-7-4-8-14-28)29(25)16-19-9-5-3-6-10-19/h3,5-6,9-12,15H,4,7-8,13-14,16-18H2,1-2H3. The van der Waals surface area contributed by atoms with Gasteiger partial charge in [0.25, 0.3) is 0 Å². The number of hydrogen-bond acceptors (Lipinski definition) is 7. The fourth-order valence-corrected chi connectivity index (χ4v) is 4.86. The summed E-state index contributed by atoms with van der Waals surface area (Å²) < 4.78 is 12.8. The molecule has 2 heterocycles. The molecule has 174 valence electrons. The van der Waals surface area contributed by atoms with Gasteiger partial charge in [-0.25, -0.2) is 0 Å². The topological polar surface area (TPSA) is 69.5 Å². The number of benzene rings is 2. The Morgan fingerprint density at radius 2 is 1.76 bits per heavy atom. The van der Waals surface area contributed by atoms with Crippen LogP contribution in [-0.2, 0) is 13.1 Å². The maximum atomic E-state index is 13.0. The molecule has 1 saturated heterocycles. The third kappa shape index (κ3) is 5.94. The number of Topliss-reactive ketones (excluding diaryl/α,β-unsaturated/α-hetero) is 1. The zero-order chi connectivity index (χ0) is 23.0. The second-order valence-electron chi connectivity index (χ2n) is 8.09. The lowest BCUT2D eigenvalue weighted by atomic mass is 10.1. The van der Waals surface area contributed by atoms with Crippen LogP contribution in [0.25, 0.3) is 0 Å². The van der Waals surface area contributed by atoms with E-state index in [1.807, 2.05) is 18.2 Å². The highest BCUT2D eigenvalue weighted by Gasteiger charge is 2.20. The minimum Gasteiger partial charge on any atom is -0.497 e. The van der Waals surface area contributed by atoms with Crippen LogP contribution in [0.15, 0.2) is 53.7 Å². The van der Waals surface area contributed by atoms with Gasteiger partial charge < -0.3 is 14.0 Å². The summed E-state index contributed by atoms with van der Waals surface area (Å²) in [7, 11) is 3.15. The number of ether oxygens (including phenoxy) is 2. The number of rotatable bonds is 10. The van der Waals surface area contributed by atoms with E-state index in [4.69, 9.17) is 9.47 Å². The summed E-state index contributed by atoms with van der Waals surface area (Å²) in [5, 5.41) is 9.72. The van der Waals surface area contributed by atoms with Crippen molar-refractivity contribution in [1.29, 1.82) is 0 Å². The molecular formula is C25H30N4O3S. The maximum Gasteiger partial charge on any atom is 0.192 e. The molecule has 0 unspecified atom stereocenters. The average molecular weight is 467 g/mol. The molecule has 0 radical (unpaired) electrons. The fraction of sp³-hybridized carbons (Fsp3) is 0.400. The molecule has 1 aliphatic heterocycles. The van der Waals surface area contributed by atoms with Crippen molar-refractivity contribution in [2.75, 3.05) is 33.1 Å². The molecule has 0 amide bonds. The van der Waals surface area contributed by atoms with Gasteiger partial charge >= 0.3 is 0 Å². The van der Waals surface area contributed by atoms with E-state index in [1.165, 1.54) is 36.6 Å². The van der Waals surface area contributed by atoms with Crippen LogP contribution in [0, 0.1) is 0 Å². The zero-order valence-electron chi connectivity index (χ0n) is 19.2. The Hall–Kier alpha value is -2.84. The second kappa shape index (κ2) is 11.3. The summed E-state index contributed by atoms with van der Waals surface area (Å²) in [5.74, 6) is 2.30. The average Bonchev–Trinajstić information content (AvgIpc) is 3.24. The number of carbonyl (C=O) groups is 1. The number of carbonyl (C=O) groups excluding carboxylic acids is 1. The number of hydrogen-bond donors (Lipinski definition) is 0. The Kier molecular flexibility index (Phi) is 8.01. The van der Waals surface area contributed by atoms with Gasteiger partial charge in [0.05, 0.1) is 38.6 Å². The van der Waals surface area contributed by atoms with Crippen LogP contribution >= 0.6 is 11.8 Å². The van der Waals surface area contributed by atoms with Crippen LogP contribution in [-0.4, -0.2) is 58.5 Å². The van der Waals surface area contributed by atoms with E-state index in [2.05, 4.69) is 31.8 Å². The maximum absolute atomic E-state index is 13.0. The van der Waals surface area contributed by atoms with Crippen molar-refractivity contribution in [2.24, 2.45) is 0 Å². The Labute approximate surface area is 199 Å². The molecule has 0 atom stereocenters. The Morgan fingerprint density at radius 1 is 0.970 bits per heavy atom. The first-order chi connectivity index (χ1) is 16.2. The summed E-state index contributed by atoms with van der Waals surface area (Å²) in [6.07, 6.45) is 3.75. The van der Waals surface area contributed by atoms with Gasteiger partial charge in [0, 0.05) is 0 Å². The molecule has 3 aromatic rings. The van der Waals surface area contributed by atoms with Gasteiger partial charge in [0.2, 0.25) is 0 Å². The van der Waals surface area contributed by atoms with Crippen LogP contribution in [0.5, 0.6) is 11.5 Å². The van der Waals surface area contributed by atoms with Gasteiger partial charge in [-0.3, -0.25) is 9.69 Å². The van der Waals surface area contributed by atoms with Crippen molar-refractivity contribution in [1.82, 2.24) is 19.7 Å². The highest BCUT2D eigenvalue weighted by atomic mass is 32.2. The molecule has 0 saturated carbocycles. The van der Waals surface area contributed by atoms with Gasteiger partial charge in [0.1, 0.15) is 17.3 Å². The number of nitrogens with zero attached hydrogens (tertiary/aromatic N) is 4. The second-order valence-corrected chi connectivity index (χ2v) is 9.03. The molecule has 1 aliphatic rings. The largest absolute Gasteiger partial charge is 0.497 e. The van der Waals surface area contributed by atoms with Crippen molar-refractivity contribution >= 4 is 17.5 Å². The number of thioether (sulfide) groups is 1. The van der Waals surface area contributed by atoms with E-state index in [1.54, 1.807) is 32.4 Å². The minimum absolute atomic E-state index is 0.0393. The van der Waals surface area contributed by atoms with Crippen molar-refractivity contribution in [3.8, 4) is 11.5 Å². The third-order valence-electron chi connectivity index (χ3n) is 5.83. The molecule has 1 fully saturated rings. The van der Waals surface area contributed by atoms with Crippen molar-refractivity contribution in [2.45, 2.75) is 37.5 Å². The van der Waals surface area contributed by atoms with Crippen LogP contribution in [0.4, 0.5) is 0 Å². The first-order valence-electron chi connectivity index (χ1n) is 11.2. The first kappa shape index (κ1) is 23.3. The van der Waals surface area contributed by atoms with Crippen LogP contribution in [0.1, 0.15) is 41.0 Å². The Morgan fingerprint density at radius 3 is 2.48 bits per heavy atom. The molecule has 0 aliphatic carbocycles. The molecule has 8 heteroatoms. The number of methoxy groups -OCH3 is 2. The van der Waals surface area contributed by atoms with E-state index in [0.29, 0.717) is 23.6 Å². The Bertz CT molecular complexity index is 1060. The van der Waals surface area contributed by atoms with Gasteiger partial charge in [0.15, 0.2) is 10.9 Å². The summed E-state index contributed by atoms with van der Waals surface area (Å²) in [5.41, 5.74) is 1.69. The van der Waals surface area contributed by atoms with Crippen LogP contribution < -0.4 is 9.47 Å². The molecule has 1 aromatic heterocycles. The fourth-order valence-electron chi connectivity index (χ4n) is 4.02. The molecule has 0 spiro atoms. The SMILES string of the molecule is COc1ccc(OC)c(C(=O)CSc2nnc(CN3CCCCC3)n2Cc2ccccc2)c1. The van der Waals surface area contributed by atoms with E-state index < -0.39 is 0 Å². The molecule has 0 bridgehead atoms. The van der Waals surface area contributed by atoms with Crippen molar-refractivity contribution in [3.05, 3.63) is 65.5 Å². The smallest absolute Gasteiger partial charge is 0.192 e. The molecule has 33 heavy (non-hydrogen) atoms. The summed E-state index contributed by atoms with van der Waals surface area (Å²) in [6, 6.07) is 15.6. The molecule has 4 rings (SSSR count). The Balaban J connectivity index is 1.53. The lowest BCUT2D eigenvalue weighted by Gasteiger charge is -2.26. The van der Waals surface area contributed by atoms with E-state index in [9.17, 15) is 4.79 Å². The van der Waals surface area contributed by atoms with Gasteiger partial charge in [-0.1, -0.05) is 48.5 Å². The molecule has 7 nitrogen and oxygen atoms in total.